The minimum atomic E-state index is -5.00. The number of rotatable bonds is 6. The van der Waals surface area contributed by atoms with E-state index in [4.69, 9.17) is 0 Å². The third-order valence-corrected chi connectivity index (χ3v) is 10.9. The zero-order valence-electron chi connectivity index (χ0n) is 28.3. The Hall–Kier alpha value is -5.40. The molecule has 0 unspecified atom stereocenters. The molecule has 0 aliphatic carbocycles. The van der Waals surface area contributed by atoms with E-state index in [0.29, 0.717) is 36.4 Å². The van der Waals surface area contributed by atoms with Crippen LogP contribution < -0.4 is 0 Å². The van der Waals surface area contributed by atoms with E-state index < -0.39 is 114 Å². The van der Waals surface area contributed by atoms with Crippen molar-refractivity contribution in [2.75, 3.05) is 39.3 Å². The van der Waals surface area contributed by atoms with Crippen molar-refractivity contribution >= 4 is 48.1 Å². The number of hydrogen-bond acceptors (Lipinski definition) is 15. The van der Waals surface area contributed by atoms with Crippen LogP contribution in [0.2, 0.25) is 0 Å². The van der Waals surface area contributed by atoms with Gasteiger partial charge >= 0.3 is 0 Å². The van der Waals surface area contributed by atoms with Crippen molar-refractivity contribution in [3.8, 4) is 34.5 Å². The molecule has 1 saturated heterocycles. The lowest BCUT2D eigenvalue weighted by Crippen LogP contribution is -2.38. The Labute approximate surface area is 313 Å². The van der Waals surface area contributed by atoms with Crippen LogP contribution in [-0.2, 0) is 30.4 Å². The van der Waals surface area contributed by atoms with Crippen molar-refractivity contribution in [1.82, 2.24) is 14.7 Å². The molecule has 0 aromatic heterocycles. The Morgan fingerprint density at radius 3 is 0.836 bits per heavy atom. The maximum atomic E-state index is 13.8. The summed E-state index contributed by atoms with van der Waals surface area (Å²) in [6, 6.07) is 3.32. The summed E-state index contributed by atoms with van der Waals surface area (Å²) in [5.74, 6) is -9.52. The molecule has 9 N–H and O–H groups in total. The van der Waals surface area contributed by atoms with Gasteiger partial charge < -0.3 is 45.3 Å². The topological polar surface area (TPSA) is 345 Å². The maximum Gasteiger partial charge on any atom is 0.294 e. The van der Waals surface area contributed by atoms with E-state index in [1.165, 1.54) is 0 Å². The number of carbonyl (C=O) groups is 3. The van der Waals surface area contributed by atoms with Gasteiger partial charge in [-0.2, -0.15) is 25.3 Å². The number of amides is 3. The van der Waals surface area contributed by atoms with Crippen LogP contribution in [0.15, 0.2) is 51.1 Å². The standard InChI is InChI=1S/C31H35N3O18S3/c35-23-14-17(53(44,45)46)11-20(26(23)38)29(41)32-5-1-2-6-33(30(42)21-12-18(54(47,48)49)15-24(36)27(21)39)8-4-10-34(9-3-7-32)31(43)22-13-19(55(50,51)52)16-25(37)28(22)40/h11-16,35-40H,1-10H2,(H,44,45,46)(H,47,48,49)(H,50,51,52). The second-order valence-electron chi connectivity index (χ2n) is 12.2. The normalized spacial score (nSPS) is 15.4. The highest BCUT2D eigenvalue weighted by atomic mass is 32.2. The summed E-state index contributed by atoms with van der Waals surface area (Å²) >= 11 is 0. The van der Waals surface area contributed by atoms with Crippen LogP contribution >= 0.6 is 0 Å². The Kier molecular flexibility index (Phi) is 12.4. The summed E-state index contributed by atoms with van der Waals surface area (Å²) in [7, 11) is -15.0. The number of benzene rings is 3. The summed E-state index contributed by atoms with van der Waals surface area (Å²) < 4.78 is 99.3. The molecule has 3 aromatic rings. The van der Waals surface area contributed by atoms with Crippen LogP contribution in [0.5, 0.6) is 34.5 Å². The first-order valence-corrected chi connectivity index (χ1v) is 20.2. The Morgan fingerprint density at radius 2 is 0.618 bits per heavy atom. The molecule has 1 aliphatic heterocycles. The molecule has 0 saturated carbocycles. The van der Waals surface area contributed by atoms with E-state index in [0.717, 1.165) is 14.7 Å². The van der Waals surface area contributed by atoms with Crippen LogP contribution in [0.3, 0.4) is 0 Å². The lowest BCUT2D eigenvalue weighted by molar-refractivity contribution is 0.0708. The van der Waals surface area contributed by atoms with E-state index in [1.54, 1.807) is 0 Å². The fourth-order valence-corrected chi connectivity index (χ4v) is 7.26. The highest BCUT2D eigenvalue weighted by molar-refractivity contribution is 7.86. The van der Waals surface area contributed by atoms with Crippen LogP contribution in [0.1, 0.15) is 56.8 Å². The summed E-state index contributed by atoms with van der Waals surface area (Å²) in [5, 5.41) is 61.8. The molecule has 0 spiro atoms. The number of hydrogen-bond donors (Lipinski definition) is 9. The summed E-state index contributed by atoms with van der Waals surface area (Å²) in [5.41, 5.74) is -2.25. The maximum absolute atomic E-state index is 13.8. The average molecular weight is 834 g/mol. The molecule has 24 heteroatoms. The van der Waals surface area contributed by atoms with Crippen molar-refractivity contribution in [2.45, 2.75) is 40.4 Å². The van der Waals surface area contributed by atoms with Gasteiger partial charge in [-0.1, -0.05) is 0 Å². The molecule has 55 heavy (non-hydrogen) atoms. The van der Waals surface area contributed by atoms with Gasteiger partial charge in [-0.3, -0.25) is 28.0 Å². The number of aromatic hydroxyl groups is 6. The van der Waals surface area contributed by atoms with E-state index in [2.05, 4.69) is 0 Å². The summed E-state index contributed by atoms with van der Waals surface area (Å²) in [4.78, 5) is 41.6. The molecular formula is C31H35N3O18S3. The number of phenolic OH excluding ortho intramolecular Hbond substituents is 6. The predicted molar refractivity (Wildman–Crippen MR) is 185 cm³/mol. The number of nitrogens with zero attached hydrogens (tertiary/aromatic N) is 3. The Bertz CT molecular complexity index is 2250. The second-order valence-corrected chi connectivity index (χ2v) is 16.5. The lowest BCUT2D eigenvalue weighted by atomic mass is 10.1. The van der Waals surface area contributed by atoms with E-state index in [-0.39, 0.29) is 65.0 Å². The van der Waals surface area contributed by atoms with Crippen LogP contribution in [-0.4, -0.2) is 141 Å². The fraction of sp³-hybridized carbons (Fsp3) is 0.323. The average Bonchev–Trinajstić information content (AvgIpc) is 3.10. The van der Waals surface area contributed by atoms with Crippen LogP contribution in [0.25, 0.3) is 0 Å². The molecule has 1 aliphatic rings. The zero-order chi connectivity index (χ0) is 41.2. The fourth-order valence-electron chi connectivity index (χ4n) is 5.68. The smallest absolute Gasteiger partial charge is 0.294 e. The molecule has 0 atom stereocenters. The highest BCUT2D eigenvalue weighted by Gasteiger charge is 2.29. The lowest BCUT2D eigenvalue weighted by Gasteiger charge is -2.27. The molecule has 4 rings (SSSR count). The number of carbonyl (C=O) groups excluding carboxylic acids is 3. The molecule has 300 valence electrons. The van der Waals surface area contributed by atoms with Gasteiger partial charge in [0.2, 0.25) is 0 Å². The van der Waals surface area contributed by atoms with Crippen molar-refractivity contribution < 1.29 is 83.9 Å². The second kappa shape index (κ2) is 16.1. The molecule has 0 bridgehead atoms. The van der Waals surface area contributed by atoms with E-state index in [1.807, 2.05) is 0 Å². The van der Waals surface area contributed by atoms with Crippen molar-refractivity contribution in [3.63, 3.8) is 0 Å². The first-order chi connectivity index (χ1) is 25.4. The molecule has 1 fully saturated rings. The van der Waals surface area contributed by atoms with Gasteiger partial charge in [0.05, 0.1) is 31.4 Å². The van der Waals surface area contributed by atoms with Gasteiger partial charge in [0, 0.05) is 57.5 Å². The summed E-state index contributed by atoms with van der Waals surface area (Å²) in [6.45, 7) is -1.42. The van der Waals surface area contributed by atoms with Gasteiger partial charge in [-0.25, -0.2) is 0 Å². The monoisotopic (exact) mass is 833 g/mol. The van der Waals surface area contributed by atoms with Gasteiger partial charge in [0.15, 0.2) is 34.5 Å². The highest BCUT2D eigenvalue weighted by Crippen LogP contribution is 2.36. The molecule has 21 nitrogen and oxygen atoms in total. The SMILES string of the molecule is O=C(c1cc(S(=O)(=O)O)cc(O)c1O)N1CCCCN(C(=O)c2cc(S(=O)(=O)O)cc(O)c2O)CCCN(C(=O)c2cc(S(=O)(=O)O)cc(O)c2O)CCC1. The minimum absolute atomic E-state index is 0.0841. The van der Waals surface area contributed by atoms with Gasteiger partial charge in [0.1, 0.15) is 0 Å². The largest absolute Gasteiger partial charge is 0.504 e. The van der Waals surface area contributed by atoms with Crippen molar-refractivity contribution in [3.05, 3.63) is 53.1 Å². The van der Waals surface area contributed by atoms with Crippen LogP contribution in [0, 0.1) is 0 Å². The molecule has 0 radical (unpaired) electrons. The Balaban J connectivity index is 1.75. The van der Waals surface area contributed by atoms with Crippen molar-refractivity contribution in [1.29, 1.82) is 0 Å². The van der Waals surface area contributed by atoms with Gasteiger partial charge in [-0.05, 0) is 43.9 Å². The van der Waals surface area contributed by atoms with Gasteiger partial charge in [-0.15, -0.1) is 0 Å². The van der Waals surface area contributed by atoms with Crippen molar-refractivity contribution in [2.24, 2.45) is 0 Å². The number of phenols is 6. The zero-order valence-corrected chi connectivity index (χ0v) is 30.8. The first kappa shape index (κ1) is 42.3. The summed E-state index contributed by atoms with van der Waals surface area (Å²) in [6.07, 6.45) is -0.0160. The third-order valence-electron chi connectivity index (χ3n) is 8.45. The van der Waals surface area contributed by atoms with E-state index in [9.17, 15) is 83.9 Å². The quantitative estimate of drug-likeness (QED) is 0.123. The first-order valence-electron chi connectivity index (χ1n) is 15.9. The molecule has 3 amide bonds. The predicted octanol–water partition coefficient (Wildman–Crippen LogP) is 0.961. The Morgan fingerprint density at radius 1 is 0.400 bits per heavy atom. The molecule has 1 heterocycles. The van der Waals surface area contributed by atoms with Gasteiger partial charge in [0.25, 0.3) is 48.1 Å². The minimum Gasteiger partial charge on any atom is -0.504 e. The third kappa shape index (κ3) is 9.83. The molecule has 3 aromatic carbocycles. The van der Waals surface area contributed by atoms with E-state index >= 15 is 0 Å². The van der Waals surface area contributed by atoms with Crippen LogP contribution in [0.4, 0.5) is 0 Å². The molecular weight excluding hydrogens is 799 g/mol.